The Labute approximate surface area is 368 Å². The van der Waals surface area contributed by atoms with E-state index in [0.717, 1.165) is 109 Å². The molecule has 338 valence electrons. The number of carbonyl (C=O) groups excluding carboxylic acids is 3. The fourth-order valence-corrected chi connectivity index (χ4v) is 5.96. The molecule has 0 spiro atoms. The Bertz CT molecular complexity index is 1280. The van der Waals surface area contributed by atoms with Crippen LogP contribution in [0.25, 0.3) is 0 Å². The first kappa shape index (κ1) is 56.1. The molecule has 0 aliphatic heterocycles. The molecule has 0 heterocycles. The highest BCUT2D eigenvalue weighted by Gasteiger charge is 2.19. The van der Waals surface area contributed by atoms with E-state index >= 15 is 0 Å². The van der Waals surface area contributed by atoms with Crippen LogP contribution < -0.4 is 0 Å². The van der Waals surface area contributed by atoms with Crippen molar-refractivity contribution in [2.24, 2.45) is 0 Å². The van der Waals surface area contributed by atoms with Crippen LogP contribution in [0, 0.1) is 0 Å². The minimum atomic E-state index is -0.816. The normalized spacial score (nSPS) is 13.1. The van der Waals surface area contributed by atoms with Crippen LogP contribution in [0.3, 0.4) is 0 Å². The van der Waals surface area contributed by atoms with E-state index in [1.165, 1.54) is 38.5 Å². The largest absolute Gasteiger partial charge is 0.462 e. The van der Waals surface area contributed by atoms with E-state index in [1.54, 1.807) is 0 Å². The first-order valence-corrected chi connectivity index (χ1v) is 23.9. The van der Waals surface area contributed by atoms with Gasteiger partial charge in [0.1, 0.15) is 13.2 Å². The fourth-order valence-electron chi connectivity index (χ4n) is 5.96. The molecule has 6 nitrogen and oxygen atoms in total. The average molecular weight is 831 g/mol. The maximum Gasteiger partial charge on any atom is 0.306 e. The lowest BCUT2D eigenvalue weighted by Gasteiger charge is -2.18. The van der Waals surface area contributed by atoms with Crippen molar-refractivity contribution < 1.29 is 28.6 Å². The Morgan fingerprint density at radius 1 is 0.367 bits per heavy atom. The third-order valence-electron chi connectivity index (χ3n) is 9.52. The summed E-state index contributed by atoms with van der Waals surface area (Å²) in [7, 11) is 0. The van der Waals surface area contributed by atoms with Gasteiger partial charge in [-0.2, -0.15) is 0 Å². The molecule has 0 N–H and O–H groups in total. The van der Waals surface area contributed by atoms with Gasteiger partial charge < -0.3 is 14.2 Å². The Morgan fingerprint density at radius 3 is 1.20 bits per heavy atom. The monoisotopic (exact) mass is 831 g/mol. The van der Waals surface area contributed by atoms with Crippen LogP contribution >= 0.6 is 0 Å². The molecule has 0 aromatic rings. The number of esters is 3. The van der Waals surface area contributed by atoms with Crippen molar-refractivity contribution in [3.63, 3.8) is 0 Å². The molecule has 0 aromatic heterocycles. The second-order valence-electron chi connectivity index (χ2n) is 15.3. The zero-order valence-electron chi connectivity index (χ0n) is 38.4. The van der Waals surface area contributed by atoms with Gasteiger partial charge in [0.25, 0.3) is 0 Å². The Balaban J connectivity index is 4.53. The van der Waals surface area contributed by atoms with Gasteiger partial charge in [0.2, 0.25) is 0 Å². The average Bonchev–Trinajstić information content (AvgIpc) is 3.24. The first-order chi connectivity index (χ1) is 29.5. The van der Waals surface area contributed by atoms with Gasteiger partial charge in [0, 0.05) is 19.3 Å². The third-order valence-corrected chi connectivity index (χ3v) is 9.52. The summed E-state index contributed by atoms with van der Waals surface area (Å²) in [5.74, 6) is -1.02. The summed E-state index contributed by atoms with van der Waals surface area (Å²) in [5.41, 5.74) is 0. The van der Waals surface area contributed by atoms with Crippen LogP contribution in [-0.2, 0) is 28.6 Å². The molecule has 1 unspecified atom stereocenters. The highest BCUT2D eigenvalue weighted by molar-refractivity contribution is 5.71. The number of hydrogen-bond donors (Lipinski definition) is 0. The number of carbonyl (C=O) groups is 3. The molecule has 0 aromatic carbocycles. The standard InChI is InChI=1S/C54H86O6/c1-4-7-10-13-16-19-22-24-26-27-28-30-32-35-38-41-44-47-53(56)59-50-51(49-58-52(55)46-43-40-37-34-31-21-18-15-12-9-6-3)60-54(57)48-45-42-39-36-33-29-25-23-20-17-14-11-8-5-2/h7-8,10-11,15-21,24,26,28,30-31,35,38,51H,4-6,9,12-14,22-23,25,27,29,32-34,36-37,39-50H2,1-3H3/b10-7-,11-8-,18-15-,19-16-,20-17-,26-24-,30-28-,31-21-,38-35-. The van der Waals surface area contributed by atoms with Crippen molar-refractivity contribution in [2.45, 2.75) is 200 Å². The zero-order valence-corrected chi connectivity index (χ0v) is 38.4. The summed E-state index contributed by atoms with van der Waals surface area (Å²) < 4.78 is 16.7. The van der Waals surface area contributed by atoms with Crippen molar-refractivity contribution in [1.82, 2.24) is 0 Å². The van der Waals surface area contributed by atoms with E-state index in [0.29, 0.717) is 19.3 Å². The number of unbranched alkanes of at least 4 members (excludes halogenated alkanes) is 13. The predicted octanol–water partition coefficient (Wildman–Crippen LogP) is 15.6. The van der Waals surface area contributed by atoms with Crippen LogP contribution in [0.1, 0.15) is 194 Å². The summed E-state index contributed by atoms with van der Waals surface area (Å²) in [6.45, 7) is 6.26. The minimum absolute atomic E-state index is 0.115. The van der Waals surface area contributed by atoms with Crippen LogP contribution in [0.4, 0.5) is 0 Å². The molecular weight excluding hydrogens is 745 g/mol. The van der Waals surface area contributed by atoms with E-state index < -0.39 is 6.10 Å². The maximum atomic E-state index is 12.7. The van der Waals surface area contributed by atoms with Crippen LogP contribution in [0.5, 0.6) is 0 Å². The van der Waals surface area contributed by atoms with E-state index in [9.17, 15) is 14.4 Å². The highest BCUT2D eigenvalue weighted by atomic mass is 16.6. The maximum absolute atomic E-state index is 12.7. The SMILES string of the molecule is CC/C=C\C/C=C\C/C=C\C/C=C\C/C=C\CCCC(=O)OCC(COC(=O)CCCCC/C=C\C=C/CCCC)OC(=O)CCCCCCCCC/C=C\C/C=C\CC. The quantitative estimate of drug-likeness (QED) is 0.0201. The van der Waals surface area contributed by atoms with Gasteiger partial charge in [-0.3, -0.25) is 14.4 Å². The molecule has 0 amide bonds. The van der Waals surface area contributed by atoms with Gasteiger partial charge in [-0.1, -0.05) is 182 Å². The highest BCUT2D eigenvalue weighted by Crippen LogP contribution is 2.12. The molecule has 1 atom stereocenters. The third kappa shape index (κ3) is 45.2. The van der Waals surface area contributed by atoms with Crippen molar-refractivity contribution in [3.8, 4) is 0 Å². The van der Waals surface area contributed by atoms with Gasteiger partial charge in [-0.05, 0) is 103 Å². The molecule has 0 saturated heterocycles. The summed E-state index contributed by atoms with van der Waals surface area (Å²) >= 11 is 0. The van der Waals surface area contributed by atoms with Crippen LogP contribution in [0.15, 0.2) is 109 Å². The van der Waals surface area contributed by atoms with Gasteiger partial charge in [0.15, 0.2) is 6.10 Å². The fraction of sp³-hybridized carbons (Fsp3) is 0.611. The summed E-state index contributed by atoms with van der Waals surface area (Å²) in [6, 6.07) is 0. The van der Waals surface area contributed by atoms with Gasteiger partial charge in [0.05, 0.1) is 0 Å². The number of hydrogen-bond acceptors (Lipinski definition) is 6. The lowest BCUT2D eigenvalue weighted by molar-refractivity contribution is -0.167. The van der Waals surface area contributed by atoms with Gasteiger partial charge in [-0.15, -0.1) is 0 Å². The molecule has 0 fully saturated rings. The minimum Gasteiger partial charge on any atom is -0.462 e. The first-order valence-electron chi connectivity index (χ1n) is 23.9. The molecule has 0 aliphatic rings. The van der Waals surface area contributed by atoms with Crippen molar-refractivity contribution in [1.29, 1.82) is 0 Å². The Kier molecular flexibility index (Phi) is 44.6. The van der Waals surface area contributed by atoms with E-state index in [4.69, 9.17) is 14.2 Å². The summed E-state index contributed by atoms with van der Waals surface area (Å²) in [4.78, 5) is 37.8. The summed E-state index contributed by atoms with van der Waals surface area (Å²) in [5, 5.41) is 0. The smallest absolute Gasteiger partial charge is 0.306 e. The molecule has 0 rings (SSSR count). The number of rotatable bonds is 41. The van der Waals surface area contributed by atoms with E-state index in [-0.39, 0.29) is 37.5 Å². The lowest BCUT2D eigenvalue weighted by Crippen LogP contribution is -2.30. The Hall–Kier alpha value is -3.93. The second-order valence-corrected chi connectivity index (χ2v) is 15.3. The number of ether oxygens (including phenoxy) is 3. The number of allylic oxidation sites excluding steroid dienone is 18. The van der Waals surface area contributed by atoms with Crippen LogP contribution in [-0.4, -0.2) is 37.2 Å². The molecule has 0 radical (unpaired) electrons. The van der Waals surface area contributed by atoms with Crippen LogP contribution in [0.2, 0.25) is 0 Å². The van der Waals surface area contributed by atoms with Crippen molar-refractivity contribution >= 4 is 17.9 Å². The van der Waals surface area contributed by atoms with Gasteiger partial charge >= 0.3 is 17.9 Å². The Morgan fingerprint density at radius 2 is 0.717 bits per heavy atom. The van der Waals surface area contributed by atoms with E-state index in [1.807, 2.05) is 0 Å². The lowest BCUT2D eigenvalue weighted by atomic mass is 10.1. The molecule has 0 aliphatic carbocycles. The molecule has 60 heavy (non-hydrogen) atoms. The predicted molar refractivity (Wildman–Crippen MR) is 256 cm³/mol. The van der Waals surface area contributed by atoms with Crippen molar-refractivity contribution in [2.75, 3.05) is 13.2 Å². The summed E-state index contributed by atoms with van der Waals surface area (Å²) in [6.07, 6.45) is 63.6. The van der Waals surface area contributed by atoms with Crippen molar-refractivity contribution in [3.05, 3.63) is 109 Å². The molecule has 0 bridgehead atoms. The zero-order chi connectivity index (χ0) is 43.7. The molecule has 6 heteroatoms. The topological polar surface area (TPSA) is 78.9 Å². The molecular formula is C54H86O6. The van der Waals surface area contributed by atoms with Gasteiger partial charge in [-0.25, -0.2) is 0 Å². The van der Waals surface area contributed by atoms with E-state index in [2.05, 4.69) is 130 Å². The second kappa shape index (κ2) is 47.7. The molecule has 0 saturated carbocycles.